The van der Waals surface area contributed by atoms with Crippen LogP contribution in [0.15, 0.2) is 0 Å². The molecule has 0 aromatic rings. The first-order chi connectivity index (χ1) is 6.71. The summed E-state index contributed by atoms with van der Waals surface area (Å²) in [4.78, 5) is 13.5. The molecule has 4 heteroatoms. The molecule has 0 aliphatic rings. The fourth-order valence-corrected chi connectivity index (χ4v) is 1.57. The maximum Gasteiger partial charge on any atom is 0.317 e. The predicted molar refractivity (Wildman–Crippen MR) is 59.2 cm³/mol. The molecule has 0 saturated carbocycles. The van der Waals surface area contributed by atoms with E-state index in [0.717, 1.165) is 12.8 Å². The molecule has 0 aliphatic heterocycles. The number of hydrogen-bond donors (Lipinski definition) is 2. The molecule has 3 N–H and O–H groups in total. The van der Waals surface area contributed by atoms with E-state index in [9.17, 15) is 4.79 Å². The molecule has 4 nitrogen and oxygen atoms in total. The number of nitrogens with zero attached hydrogens (tertiary/aromatic N) is 1. The van der Waals surface area contributed by atoms with Gasteiger partial charge in [-0.15, -0.1) is 0 Å². The maximum absolute atomic E-state index is 11.7. The van der Waals surface area contributed by atoms with Crippen molar-refractivity contribution in [3.63, 3.8) is 0 Å². The zero-order chi connectivity index (χ0) is 11.0. The molecule has 14 heavy (non-hydrogen) atoms. The second-order valence-corrected chi connectivity index (χ2v) is 3.29. The molecule has 0 rings (SSSR count). The van der Waals surface area contributed by atoms with E-state index in [4.69, 9.17) is 5.73 Å². The van der Waals surface area contributed by atoms with E-state index in [-0.39, 0.29) is 6.03 Å². The van der Waals surface area contributed by atoms with Gasteiger partial charge in [0.05, 0.1) is 0 Å². The number of carbonyl (C=O) groups is 1. The van der Waals surface area contributed by atoms with Crippen molar-refractivity contribution in [2.24, 2.45) is 5.73 Å². The van der Waals surface area contributed by atoms with Crippen LogP contribution in [-0.2, 0) is 0 Å². The second-order valence-electron chi connectivity index (χ2n) is 3.29. The van der Waals surface area contributed by atoms with E-state index < -0.39 is 0 Å². The Hall–Kier alpha value is -0.770. The number of nitrogens with one attached hydrogen (secondary N) is 1. The van der Waals surface area contributed by atoms with Gasteiger partial charge in [0.25, 0.3) is 0 Å². The molecule has 0 saturated heterocycles. The normalized spacial score (nSPS) is 10.4. The lowest BCUT2D eigenvalue weighted by Gasteiger charge is -2.30. The number of carbonyl (C=O) groups excluding carboxylic acids is 1. The van der Waals surface area contributed by atoms with E-state index in [1.807, 2.05) is 11.8 Å². The predicted octanol–water partition coefficient (Wildman–Crippen LogP) is 1.17. The van der Waals surface area contributed by atoms with Crippen molar-refractivity contribution in [2.75, 3.05) is 19.6 Å². The summed E-state index contributed by atoms with van der Waals surface area (Å²) in [5.41, 5.74) is 5.49. The molecule has 2 amide bonds. The molecule has 84 valence electrons. The summed E-state index contributed by atoms with van der Waals surface area (Å²) in [6.45, 7) is 7.94. The molecule has 0 bridgehead atoms. The number of hydrogen-bond acceptors (Lipinski definition) is 2. The van der Waals surface area contributed by atoms with Crippen molar-refractivity contribution in [1.82, 2.24) is 10.2 Å². The Morgan fingerprint density at radius 1 is 1.36 bits per heavy atom. The van der Waals surface area contributed by atoms with Crippen molar-refractivity contribution in [2.45, 2.75) is 39.7 Å². The minimum absolute atomic E-state index is 0.00616. The minimum atomic E-state index is 0.00616. The van der Waals surface area contributed by atoms with Crippen LogP contribution in [0.3, 0.4) is 0 Å². The lowest BCUT2D eigenvalue weighted by molar-refractivity contribution is 0.172. The molecule has 0 fully saturated rings. The van der Waals surface area contributed by atoms with E-state index in [1.54, 1.807) is 0 Å². The SMILES string of the molecule is CCNC(=O)N(CCN)C(CC)CC. The fourth-order valence-electron chi connectivity index (χ4n) is 1.57. The van der Waals surface area contributed by atoms with Gasteiger partial charge < -0.3 is 16.0 Å². The molecular weight excluding hydrogens is 178 g/mol. The van der Waals surface area contributed by atoms with Gasteiger partial charge in [-0.1, -0.05) is 13.8 Å². The zero-order valence-electron chi connectivity index (χ0n) is 9.55. The van der Waals surface area contributed by atoms with E-state index in [0.29, 0.717) is 25.7 Å². The van der Waals surface area contributed by atoms with Crippen LogP contribution in [0.4, 0.5) is 4.79 Å². The Morgan fingerprint density at radius 2 is 1.93 bits per heavy atom. The Morgan fingerprint density at radius 3 is 2.29 bits per heavy atom. The Bertz CT molecular complexity index is 157. The average Bonchev–Trinajstić information content (AvgIpc) is 2.18. The second kappa shape index (κ2) is 7.62. The zero-order valence-corrected chi connectivity index (χ0v) is 9.55. The van der Waals surface area contributed by atoms with Crippen LogP contribution < -0.4 is 11.1 Å². The van der Waals surface area contributed by atoms with Gasteiger partial charge in [-0.25, -0.2) is 4.79 Å². The van der Waals surface area contributed by atoms with Crippen LogP contribution in [-0.4, -0.2) is 36.6 Å². The van der Waals surface area contributed by atoms with E-state index in [2.05, 4.69) is 19.2 Å². The van der Waals surface area contributed by atoms with Gasteiger partial charge in [0.2, 0.25) is 0 Å². The van der Waals surface area contributed by atoms with Crippen LogP contribution in [0, 0.1) is 0 Å². The molecule has 0 spiro atoms. The van der Waals surface area contributed by atoms with Crippen LogP contribution in [0.25, 0.3) is 0 Å². The molecule has 0 heterocycles. The van der Waals surface area contributed by atoms with Crippen molar-refractivity contribution >= 4 is 6.03 Å². The Balaban J connectivity index is 4.31. The number of rotatable bonds is 6. The third-order valence-electron chi connectivity index (χ3n) is 2.34. The largest absolute Gasteiger partial charge is 0.338 e. The molecular formula is C10H23N3O. The summed E-state index contributed by atoms with van der Waals surface area (Å²) >= 11 is 0. The number of nitrogens with two attached hydrogens (primary N) is 1. The van der Waals surface area contributed by atoms with E-state index in [1.165, 1.54) is 0 Å². The van der Waals surface area contributed by atoms with Crippen molar-refractivity contribution in [3.05, 3.63) is 0 Å². The van der Waals surface area contributed by atoms with Gasteiger partial charge in [-0.3, -0.25) is 0 Å². The summed E-state index contributed by atoms with van der Waals surface area (Å²) < 4.78 is 0. The van der Waals surface area contributed by atoms with Crippen molar-refractivity contribution in [1.29, 1.82) is 0 Å². The van der Waals surface area contributed by atoms with Gasteiger partial charge >= 0.3 is 6.03 Å². The van der Waals surface area contributed by atoms with Crippen molar-refractivity contribution in [3.8, 4) is 0 Å². The third-order valence-corrected chi connectivity index (χ3v) is 2.34. The molecule has 0 radical (unpaired) electrons. The molecule has 0 unspecified atom stereocenters. The minimum Gasteiger partial charge on any atom is -0.338 e. The molecule has 0 atom stereocenters. The van der Waals surface area contributed by atoms with Gasteiger partial charge in [0.1, 0.15) is 0 Å². The van der Waals surface area contributed by atoms with Crippen LogP contribution in [0.2, 0.25) is 0 Å². The lowest BCUT2D eigenvalue weighted by Crippen LogP contribution is -2.47. The number of urea groups is 1. The molecule has 0 aromatic heterocycles. The first-order valence-electron chi connectivity index (χ1n) is 5.45. The fraction of sp³-hybridized carbons (Fsp3) is 0.900. The molecule has 0 aliphatic carbocycles. The van der Waals surface area contributed by atoms with Crippen molar-refractivity contribution < 1.29 is 4.79 Å². The Kier molecular flexibility index (Phi) is 7.20. The van der Waals surface area contributed by atoms with Gasteiger partial charge in [-0.2, -0.15) is 0 Å². The molecule has 0 aromatic carbocycles. The summed E-state index contributed by atoms with van der Waals surface area (Å²) in [7, 11) is 0. The lowest BCUT2D eigenvalue weighted by atomic mass is 10.1. The van der Waals surface area contributed by atoms with Crippen LogP contribution in [0.1, 0.15) is 33.6 Å². The first-order valence-corrected chi connectivity index (χ1v) is 5.45. The monoisotopic (exact) mass is 201 g/mol. The summed E-state index contributed by atoms with van der Waals surface area (Å²) in [6.07, 6.45) is 1.96. The first kappa shape index (κ1) is 13.2. The van der Waals surface area contributed by atoms with Crippen LogP contribution >= 0.6 is 0 Å². The summed E-state index contributed by atoms with van der Waals surface area (Å²) in [6, 6.07) is 0.316. The highest BCUT2D eigenvalue weighted by atomic mass is 16.2. The highest BCUT2D eigenvalue weighted by Gasteiger charge is 2.19. The summed E-state index contributed by atoms with van der Waals surface area (Å²) in [5.74, 6) is 0. The number of amides is 2. The summed E-state index contributed by atoms with van der Waals surface area (Å²) in [5, 5.41) is 2.81. The van der Waals surface area contributed by atoms with Crippen LogP contribution in [0.5, 0.6) is 0 Å². The highest BCUT2D eigenvalue weighted by Crippen LogP contribution is 2.07. The topological polar surface area (TPSA) is 58.4 Å². The van der Waals surface area contributed by atoms with Gasteiger partial charge in [0.15, 0.2) is 0 Å². The van der Waals surface area contributed by atoms with Gasteiger partial charge in [-0.05, 0) is 19.8 Å². The Labute approximate surface area is 86.8 Å². The maximum atomic E-state index is 11.7. The average molecular weight is 201 g/mol. The third kappa shape index (κ3) is 3.96. The standard InChI is InChI=1S/C10H23N3O/c1-4-9(5-2)13(8-7-11)10(14)12-6-3/h9H,4-8,11H2,1-3H3,(H,12,14). The quantitative estimate of drug-likeness (QED) is 0.677. The smallest absolute Gasteiger partial charge is 0.317 e. The highest BCUT2D eigenvalue weighted by molar-refractivity contribution is 5.74. The van der Waals surface area contributed by atoms with Gasteiger partial charge in [0, 0.05) is 25.7 Å². The van der Waals surface area contributed by atoms with E-state index >= 15 is 0 Å².